The van der Waals surface area contributed by atoms with E-state index in [0.29, 0.717) is 5.92 Å². The van der Waals surface area contributed by atoms with Gasteiger partial charge in [-0.15, -0.1) is 0 Å². The summed E-state index contributed by atoms with van der Waals surface area (Å²) in [5, 5.41) is 0. The van der Waals surface area contributed by atoms with Crippen LogP contribution in [0.25, 0.3) is 0 Å². The van der Waals surface area contributed by atoms with Crippen molar-refractivity contribution in [1.82, 2.24) is 0 Å². The van der Waals surface area contributed by atoms with E-state index in [0.717, 1.165) is 25.1 Å². The molecule has 2 N–H and O–H groups in total. The van der Waals surface area contributed by atoms with Crippen LogP contribution >= 0.6 is 0 Å². The Morgan fingerprint density at radius 2 is 2.07 bits per heavy atom. The summed E-state index contributed by atoms with van der Waals surface area (Å²) in [4.78, 5) is 0. The molecule has 1 aromatic carbocycles. The highest BCUT2D eigenvalue weighted by atomic mass is 16.5. The molecule has 1 atom stereocenters. The second-order valence-electron chi connectivity index (χ2n) is 3.69. The summed E-state index contributed by atoms with van der Waals surface area (Å²) in [7, 11) is 1.71. The van der Waals surface area contributed by atoms with Gasteiger partial charge in [-0.25, -0.2) is 0 Å². The minimum absolute atomic E-state index is 0.583. The van der Waals surface area contributed by atoms with E-state index in [1.807, 2.05) is 18.2 Å². The van der Waals surface area contributed by atoms with Crippen molar-refractivity contribution in [1.29, 1.82) is 0 Å². The SMILES string of the molecule is COc1ccccc1CCC(C)CN. The zero-order chi connectivity index (χ0) is 10.4. The van der Waals surface area contributed by atoms with Gasteiger partial charge in [0, 0.05) is 0 Å². The number of hydrogen-bond donors (Lipinski definition) is 1. The van der Waals surface area contributed by atoms with E-state index in [9.17, 15) is 0 Å². The Labute approximate surface area is 86.1 Å². The van der Waals surface area contributed by atoms with Crippen LogP contribution in [-0.2, 0) is 6.42 Å². The first-order valence-corrected chi connectivity index (χ1v) is 5.10. The van der Waals surface area contributed by atoms with Crippen LogP contribution in [0.15, 0.2) is 24.3 Å². The minimum atomic E-state index is 0.583. The second-order valence-corrected chi connectivity index (χ2v) is 3.69. The van der Waals surface area contributed by atoms with Crippen molar-refractivity contribution in [3.8, 4) is 5.75 Å². The van der Waals surface area contributed by atoms with Crippen molar-refractivity contribution in [2.45, 2.75) is 19.8 Å². The van der Waals surface area contributed by atoms with Gasteiger partial charge in [-0.3, -0.25) is 0 Å². The third kappa shape index (κ3) is 3.04. The molecule has 0 aliphatic carbocycles. The molecule has 2 heteroatoms. The number of rotatable bonds is 5. The molecule has 0 saturated carbocycles. The maximum absolute atomic E-state index is 5.58. The Kier molecular flexibility index (Phi) is 4.47. The number of hydrogen-bond acceptors (Lipinski definition) is 2. The number of ether oxygens (including phenoxy) is 1. The third-order valence-electron chi connectivity index (χ3n) is 2.50. The highest BCUT2D eigenvalue weighted by Gasteiger charge is 2.04. The first-order valence-electron chi connectivity index (χ1n) is 5.10. The predicted octanol–water partition coefficient (Wildman–Crippen LogP) is 2.22. The quantitative estimate of drug-likeness (QED) is 0.778. The molecule has 0 spiro atoms. The molecule has 0 saturated heterocycles. The molecular weight excluding hydrogens is 174 g/mol. The molecule has 0 radical (unpaired) electrons. The fraction of sp³-hybridized carbons (Fsp3) is 0.500. The maximum atomic E-state index is 5.58. The minimum Gasteiger partial charge on any atom is -0.496 e. The molecule has 1 aromatic rings. The van der Waals surface area contributed by atoms with Crippen LogP contribution in [0.3, 0.4) is 0 Å². The lowest BCUT2D eigenvalue weighted by Gasteiger charge is -2.10. The van der Waals surface area contributed by atoms with E-state index >= 15 is 0 Å². The molecule has 14 heavy (non-hydrogen) atoms. The molecular formula is C12H19NO. The van der Waals surface area contributed by atoms with Crippen LogP contribution in [0.1, 0.15) is 18.9 Å². The largest absolute Gasteiger partial charge is 0.496 e. The van der Waals surface area contributed by atoms with Crippen LogP contribution in [0.4, 0.5) is 0 Å². The summed E-state index contributed by atoms with van der Waals surface area (Å²) >= 11 is 0. The van der Waals surface area contributed by atoms with Gasteiger partial charge in [-0.2, -0.15) is 0 Å². The molecule has 78 valence electrons. The van der Waals surface area contributed by atoms with Gasteiger partial charge in [0.1, 0.15) is 5.75 Å². The lowest BCUT2D eigenvalue weighted by molar-refractivity contribution is 0.407. The van der Waals surface area contributed by atoms with Gasteiger partial charge in [0.05, 0.1) is 7.11 Å². The fourth-order valence-corrected chi connectivity index (χ4v) is 1.43. The number of methoxy groups -OCH3 is 1. The van der Waals surface area contributed by atoms with Gasteiger partial charge in [-0.1, -0.05) is 25.1 Å². The topological polar surface area (TPSA) is 35.2 Å². The fourth-order valence-electron chi connectivity index (χ4n) is 1.43. The van der Waals surface area contributed by atoms with E-state index in [4.69, 9.17) is 10.5 Å². The summed E-state index contributed by atoms with van der Waals surface area (Å²) < 4.78 is 5.28. The molecule has 1 rings (SSSR count). The van der Waals surface area contributed by atoms with E-state index in [1.165, 1.54) is 5.56 Å². The molecule has 0 aliphatic heterocycles. The lowest BCUT2D eigenvalue weighted by atomic mass is 10.0. The Balaban J connectivity index is 2.57. The smallest absolute Gasteiger partial charge is 0.122 e. The third-order valence-corrected chi connectivity index (χ3v) is 2.50. The Bertz CT molecular complexity index is 273. The normalized spacial score (nSPS) is 12.5. The number of para-hydroxylation sites is 1. The Morgan fingerprint density at radius 1 is 1.36 bits per heavy atom. The summed E-state index contributed by atoms with van der Waals surface area (Å²) in [5.41, 5.74) is 6.85. The van der Waals surface area contributed by atoms with E-state index in [1.54, 1.807) is 7.11 Å². The zero-order valence-electron chi connectivity index (χ0n) is 8.99. The van der Waals surface area contributed by atoms with E-state index < -0.39 is 0 Å². The molecule has 0 amide bonds. The van der Waals surface area contributed by atoms with Gasteiger partial charge >= 0.3 is 0 Å². The van der Waals surface area contributed by atoms with Gasteiger partial charge in [0.2, 0.25) is 0 Å². The van der Waals surface area contributed by atoms with E-state index in [2.05, 4.69) is 13.0 Å². The van der Waals surface area contributed by atoms with Gasteiger partial charge in [0.15, 0.2) is 0 Å². The van der Waals surface area contributed by atoms with Crippen LogP contribution in [0, 0.1) is 5.92 Å². The van der Waals surface area contributed by atoms with Crippen molar-refractivity contribution < 1.29 is 4.74 Å². The van der Waals surface area contributed by atoms with Crippen LogP contribution < -0.4 is 10.5 Å². The molecule has 0 aliphatic rings. The average molecular weight is 193 g/mol. The van der Waals surface area contributed by atoms with Crippen LogP contribution in [-0.4, -0.2) is 13.7 Å². The summed E-state index contributed by atoms with van der Waals surface area (Å²) in [6.07, 6.45) is 2.17. The molecule has 0 bridgehead atoms. The first-order chi connectivity index (χ1) is 6.77. The summed E-state index contributed by atoms with van der Waals surface area (Å²) in [5.74, 6) is 1.57. The van der Waals surface area contributed by atoms with Crippen LogP contribution in [0.5, 0.6) is 5.75 Å². The predicted molar refractivity (Wildman–Crippen MR) is 59.5 cm³/mol. The van der Waals surface area contributed by atoms with Crippen molar-refractivity contribution >= 4 is 0 Å². The van der Waals surface area contributed by atoms with E-state index in [-0.39, 0.29) is 0 Å². The molecule has 0 heterocycles. The highest BCUT2D eigenvalue weighted by Crippen LogP contribution is 2.20. The zero-order valence-corrected chi connectivity index (χ0v) is 8.99. The number of benzene rings is 1. The summed E-state index contributed by atoms with van der Waals surface area (Å²) in [6.45, 7) is 2.94. The van der Waals surface area contributed by atoms with Crippen LogP contribution in [0.2, 0.25) is 0 Å². The summed E-state index contributed by atoms with van der Waals surface area (Å²) in [6, 6.07) is 8.16. The second kappa shape index (κ2) is 5.66. The van der Waals surface area contributed by atoms with Crippen molar-refractivity contribution in [2.75, 3.05) is 13.7 Å². The van der Waals surface area contributed by atoms with Crippen molar-refractivity contribution in [3.63, 3.8) is 0 Å². The van der Waals surface area contributed by atoms with Gasteiger partial charge in [-0.05, 0) is 36.9 Å². The number of nitrogens with two attached hydrogens (primary N) is 1. The standard InChI is InChI=1S/C12H19NO/c1-10(9-13)7-8-11-5-3-4-6-12(11)14-2/h3-6,10H,7-9,13H2,1-2H3. The Morgan fingerprint density at radius 3 is 2.71 bits per heavy atom. The van der Waals surface area contributed by atoms with Gasteiger partial charge in [0.25, 0.3) is 0 Å². The monoisotopic (exact) mass is 193 g/mol. The average Bonchev–Trinajstić information content (AvgIpc) is 2.26. The molecule has 2 nitrogen and oxygen atoms in total. The van der Waals surface area contributed by atoms with Crippen molar-refractivity contribution in [2.24, 2.45) is 11.7 Å². The van der Waals surface area contributed by atoms with Crippen molar-refractivity contribution in [3.05, 3.63) is 29.8 Å². The molecule has 1 unspecified atom stereocenters. The Hall–Kier alpha value is -1.02. The molecule has 0 fully saturated rings. The lowest BCUT2D eigenvalue weighted by Crippen LogP contribution is -2.11. The van der Waals surface area contributed by atoms with Gasteiger partial charge < -0.3 is 10.5 Å². The maximum Gasteiger partial charge on any atom is 0.122 e. The molecule has 0 aromatic heterocycles. The number of aryl methyl sites for hydroxylation is 1. The highest BCUT2D eigenvalue weighted by molar-refractivity contribution is 5.33. The first kappa shape index (κ1) is 11.1.